The molecule has 1 atom stereocenters. The standard InChI is InChI=1S/C17H21ClN6O2/c1-10(15(25)24-8-6-17(4-5-17)7-9-24)20-16-23-22-14(26-16)11-2-3-12(18)21-13(11)19/h2-3,10H,4-9H2,1H3,(H2,19,21)(H,20,23)/t10-/m0/s1. The van der Waals surface area contributed by atoms with Gasteiger partial charge in [0, 0.05) is 13.1 Å². The van der Waals surface area contributed by atoms with E-state index >= 15 is 0 Å². The Morgan fingerprint density at radius 1 is 1.31 bits per heavy atom. The summed E-state index contributed by atoms with van der Waals surface area (Å²) < 4.78 is 5.57. The number of nitrogens with one attached hydrogen (secondary N) is 1. The van der Waals surface area contributed by atoms with E-state index < -0.39 is 6.04 Å². The molecule has 3 heterocycles. The number of hydrogen-bond acceptors (Lipinski definition) is 7. The van der Waals surface area contributed by atoms with Gasteiger partial charge < -0.3 is 20.4 Å². The van der Waals surface area contributed by atoms with Crippen LogP contribution in [0, 0.1) is 5.41 Å². The molecule has 26 heavy (non-hydrogen) atoms. The van der Waals surface area contributed by atoms with E-state index in [0.717, 1.165) is 25.9 Å². The minimum absolute atomic E-state index is 0.0490. The van der Waals surface area contributed by atoms with Gasteiger partial charge in [-0.3, -0.25) is 4.79 Å². The van der Waals surface area contributed by atoms with Crippen LogP contribution in [0.1, 0.15) is 32.6 Å². The number of piperidine rings is 1. The van der Waals surface area contributed by atoms with E-state index in [2.05, 4.69) is 20.5 Å². The van der Waals surface area contributed by atoms with Crippen LogP contribution in [-0.2, 0) is 4.79 Å². The molecular weight excluding hydrogens is 356 g/mol. The number of pyridine rings is 1. The molecule has 3 N–H and O–H groups in total. The van der Waals surface area contributed by atoms with E-state index in [0.29, 0.717) is 11.0 Å². The Morgan fingerprint density at radius 2 is 2.04 bits per heavy atom. The number of nitrogens with two attached hydrogens (primary N) is 1. The van der Waals surface area contributed by atoms with Gasteiger partial charge in [0.1, 0.15) is 17.0 Å². The third kappa shape index (κ3) is 3.33. The van der Waals surface area contributed by atoms with Crippen molar-refractivity contribution in [2.24, 2.45) is 5.41 Å². The average Bonchev–Trinajstić information content (AvgIpc) is 3.21. The first-order valence-electron chi connectivity index (χ1n) is 8.77. The Morgan fingerprint density at radius 3 is 2.69 bits per heavy atom. The molecule has 1 amide bonds. The van der Waals surface area contributed by atoms with Crippen molar-refractivity contribution >= 4 is 29.3 Å². The second-order valence-electron chi connectivity index (χ2n) is 7.17. The van der Waals surface area contributed by atoms with Gasteiger partial charge in [-0.1, -0.05) is 16.7 Å². The van der Waals surface area contributed by atoms with Crippen molar-refractivity contribution in [1.82, 2.24) is 20.1 Å². The summed E-state index contributed by atoms with van der Waals surface area (Å²) in [5.74, 6) is 0.481. The second kappa shape index (κ2) is 6.42. The molecule has 4 rings (SSSR count). The predicted molar refractivity (Wildman–Crippen MR) is 97.5 cm³/mol. The molecule has 0 unspecified atom stereocenters. The van der Waals surface area contributed by atoms with Gasteiger partial charge in [-0.15, -0.1) is 5.10 Å². The Hall–Kier alpha value is -2.35. The fourth-order valence-electron chi connectivity index (χ4n) is 3.42. The molecule has 1 saturated heterocycles. The number of carbonyl (C=O) groups is 1. The summed E-state index contributed by atoms with van der Waals surface area (Å²) in [5.41, 5.74) is 6.87. The maximum absolute atomic E-state index is 12.6. The quantitative estimate of drug-likeness (QED) is 0.789. The van der Waals surface area contributed by atoms with Crippen molar-refractivity contribution in [1.29, 1.82) is 0 Å². The molecule has 9 heteroatoms. The zero-order chi connectivity index (χ0) is 18.3. The smallest absolute Gasteiger partial charge is 0.316 e. The fourth-order valence-corrected chi connectivity index (χ4v) is 3.57. The lowest BCUT2D eigenvalue weighted by Crippen LogP contribution is -2.45. The van der Waals surface area contributed by atoms with Crippen molar-refractivity contribution in [3.8, 4) is 11.5 Å². The molecule has 1 spiro atoms. The van der Waals surface area contributed by atoms with Gasteiger partial charge in [0.05, 0.1) is 5.56 Å². The predicted octanol–water partition coefficient (Wildman–Crippen LogP) is 2.57. The van der Waals surface area contributed by atoms with Crippen LogP contribution in [0.25, 0.3) is 11.5 Å². The number of nitrogens with zero attached hydrogens (tertiary/aromatic N) is 4. The highest BCUT2D eigenvalue weighted by Crippen LogP contribution is 2.53. The van der Waals surface area contributed by atoms with Gasteiger partial charge >= 0.3 is 6.01 Å². The lowest BCUT2D eigenvalue weighted by Gasteiger charge is -2.33. The normalized spacial score (nSPS) is 19.4. The molecule has 2 aliphatic rings. The summed E-state index contributed by atoms with van der Waals surface area (Å²) in [4.78, 5) is 18.5. The number of amides is 1. The van der Waals surface area contributed by atoms with Crippen LogP contribution in [0.4, 0.5) is 11.8 Å². The molecule has 1 saturated carbocycles. The largest absolute Gasteiger partial charge is 0.403 e. The lowest BCUT2D eigenvalue weighted by atomic mass is 9.93. The Labute approximate surface area is 156 Å². The van der Waals surface area contributed by atoms with Gasteiger partial charge in [0.25, 0.3) is 5.89 Å². The number of carbonyl (C=O) groups excluding carboxylic acids is 1. The van der Waals surface area contributed by atoms with Crippen LogP contribution < -0.4 is 11.1 Å². The minimum atomic E-state index is -0.447. The zero-order valence-corrected chi connectivity index (χ0v) is 15.3. The van der Waals surface area contributed by atoms with Crippen molar-refractivity contribution in [3.63, 3.8) is 0 Å². The van der Waals surface area contributed by atoms with Gasteiger partial charge in [-0.05, 0) is 50.2 Å². The molecule has 8 nitrogen and oxygen atoms in total. The molecule has 138 valence electrons. The van der Waals surface area contributed by atoms with Crippen LogP contribution in [0.15, 0.2) is 16.5 Å². The van der Waals surface area contributed by atoms with E-state index in [1.807, 2.05) is 4.90 Å². The number of hydrogen-bond donors (Lipinski definition) is 2. The van der Waals surface area contributed by atoms with Crippen molar-refractivity contribution in [2.75, 3.05) is 24.1 Å². The Bertz CT molecular complexity index is 824. The number of halogens is 1. The average molecular weight is 377 g/mol. The SMILES string of the molecule is C[C@H](Nc1nnc(-c2ccc(Cl)nc2N)o1)C(=O)N1CCC2(CC1)CC2. The Kier molecular flexibility index (Phi) is 4.22. The van der Waals surface area contributed by atoms with Crippen LogP contribution in [0.5, 0.6) is 0 Å². The first kappa shape index (κ1) is 17.1. The molecule has 2 aromatic heterocycles. The lowest BCUT2D eigenvalue weighted by molar-refractivity contribution is -0.133. The number of nitrogen functional groups attached to an aromatic ring is 1. The molecule has 0 radical (unpaired) electrons. The molecule has 2 aromatic rings. The van der Waals surface area contributed by atoms with Crippen LogP contribution >= 0.6 is 11.6 Å². The van der Waals surface area contributed by atoms with Crippen LogP contribution in [0.3, 0.4) is 0 Å². The summed E-state index contributed by atoms with van der Waals surface area (Å²) in [5, 5.41) is 11.2. The summed E-state index contributed by atoms with van der Waals surface area (Å²) >= 11 is 5.80. The van der Waals surface area contributed by atoms with Crippen LogP contribution in [-0.4, -0.2) is 45.1 Å². The molecule has 0 aromatic carbocycles. The maximum Gasteiger partial charge on any atom is 0.316 e. The van der Waals surface area contributed by atoms with E-state index in [9.17, 15) is 4.79 Å². The molecule has 2 fully saturated rings. The topological polar surface area (TPSA) is 110 Å². The van der Waals surface area contributed by atoms with Gasteiger partial charge in [0.2, 0.25) is 5.91 Å². The monoisotopic (exact) mass is 376 g/mol. The highest BCUT2D eigenvalue weighted by molar-refractivity contribution is 6.29. The van der Waals surface area contributed by atoms with Gasteiger partial charge in [-0.2, -0.15) is 0 Å². The van der Waals surface area contributed by atoms with Crippen molar-refractivity contribution < 1.29 is 9.21 Å². The molecule has 1 aliphatic heterocycles. The number of aromatic nitrogens is 3. The summed E-state index contributed by atoms with van der Waals surface area (Å²) in [7, 11) is 0. The number of likely N-dealkylation sites (tertiary alicyclic amines) is 1. The Balaban J connectivity index is 1.39. The highest BCUT2D eigenvalue weighted by Gasteiger charge is 2.45. The molecule has 0 bridgehead atoms. The summed E-state index contributed by atoms with van der Waals surface area (Å²) in [6, 6.07) is 2.99. The number of rotatable bonds is 4. The second-order valence-corrected chi connectivity index (χ2v) is 7.56. The van der Waals surface area contributed by atoms with Gasteiger partial charge in [0.15, 0.2) is 0 Å². The maximum atomic E-state index is 12.6. The molecule has 1 aliphatic carbocycles. The fraction of sp³-hybridized carbons (Fsp3) is 0.529. The zero-order valence-electron chi connectivity index (χ0n) is 14.5. The van der Waals surface area contributed by atoms with Crippen molar-refractivity contribution in [2.45, 2.75) is 38.6 Å². The first-order chi connectivity index (χ1) is 12.5. The van der Waals surface area contributed by atoms with Crippen molar-refractivity contribution in [3.05, 3.63) is 17.3 Å². The first-order valence-corrected chi connectivity index (χ1v) is 9.15. The van der Waals surface area contributed by atoms with Crippen LogP contribution in [0.2, 0.25) is 5.15 Å². The third-order valence-electron chi connectivity index (χ3n) is 5.35. The van der Waals surface area contributed by atoms with Gasteiger partial charge in [-0.25, -0.2) is 4.98 Å². The number of anilines is 2. The van der Waals surface area contributed by atoms with E-state index in [1.54, 1.807) is 19.1 Å². The minimum Gasteiger partial charge on any atom is -0.403 e. The summed E-state index contributed by atoms with van der Waals surface area (Å²) in [6.07, 6.45) is 4.85. The molecular formula is C17H21ClN6O2. The summed E-state index contributed by atoms with van der Waals surface area (Å²) in [6.45, 7) is 3.45. The van der Waals surface area contributed by atoms with E-state index in [1.165, 1.54) is 12.8 Å². The third-order valence-corrected chi connectivity index (χ3v) is 5.56. The highest BCUT2D eigenvalue weighted by atomic mass is 35.5. The van der Waals surface area contributed by atoms with E-state index in [4.69, 9.17) is 21.8 Å². The van der Waals surface area contributed by atoms with E-state index in [-0.39, 0.29) is 28.8 Å².